The van der Waals surface area contributed by atoms with Crippen LogP contribution in [-0.4, -0.2) is 35.4 Å². The Bertz CT molecular complexity index is 648. The van der Waals surface area contributed by atoms with Crippen molar-refractivity contribution in [1.82, 2.24) is 15.5 Å². The maximum Gasteiger partial charge on any atom is 0.249 e. The summed E-state index contributed by atoms with van der Waals surface area (Å²) in [5, 5.41) is 10.9. The number of benzene rings is 1. The zero-order valence-electron chi connectivity index (χ0n) is 12.5. The number of rotatable bonds is 5. The van der Waals surface area contributed by atoms with Gasteiger partial charge in [-0.05, 0) is 31.4 Å². The molecule has 2 heterocycles. The van der Waals surface area contributed by atoms with Crippen molar-refractivity contribution in [3.05, 3.63) is 35.7 Å². The van der Waals surface area contributed by atoms with Crippen LogP contribution in [0, 0.1) is 6.92 Å². The van der Waals surface area contributed by atoms with Gasteiger partial charge in [0.1, 0.15) is 6.10 Å². The van der Waals surface area contributed by atoms with E-state index >= 15 is 0 Å². The molecule has 3 rings (SSSR count). The fourth-order valence-electron chi connectivity index (χ4n) is 2.47. The van der Waals surface area contributed by atoms with Crippen LogP contribution in [0.3, 0.4) is 0 Å². The summed E-state index contributed by atoms with van der Waals surface area (Å²) in [5.41, 5.74) is 2.02. The number of aryl methyl sites for hydroxylation is 1. The van der Waals surface area contributed by atoms with E-state index in [9.17, 15) is 4.79 Å². The van der Waals surface area contributed by atoms with Crippen molar-refractivity contribution in [1.29, 1.82) is 0 Å². The second-order valence-corrected chi connectivity index (χ2v) is 5.36. The third-order valence-electron chi connectivity index (χ3n) is 3.70. The molecule has 6 nitrogen and oxygen atoms in total. The van der Waals surface area contributed by atoms with Gasteiger partial charge in [0.05, 0.1) is 0 Å². The number of nitrogens with one attached hydrogen (secondary N) is 1. The minimum Gasteiger partial charge on any atom is -0.421 e. The molecule has 1 atom stereocenters. The number of carbonyl (C=O) groups excluding carboxylic acids is 1. The third kappa shape index (κ3) is 3.33. The van der Waals surface area contributed by atoms with Crippen LogP contribution >= 0.6 is 0 Å². The molecule has 0 aliphatic carbocycles. The van der Waals surface area contributed by atoms with E-state index in [1.54, 1.807) is 0 Å². The summed E-state index contributed by atoms with van der Waals surface area (Å²) in [6, 6.07) is 7.86. The van der Waals surface area contributed by atoms with Crippen molar-refractivity contribution in [3.8, 4) is 11.5 Å². The number of aromatic nitrogens is 2. The van der Waals surface area contributed by atoms with Gasteiger partial charge in [0.15, 0.2) is 0 Å². The molecule has 1 saturated heterocycles. The SMILES string of the molecule is Cc1ccccc1-c1nnc(CCNC(=O)C2CCCO2)o1. The molecule has 2 aromatic rings. The fraction of sp³-hybridized carbons (Fsp3) is 0.438. The van der Waals surface area contributed by atoms with E-state index in [-0.39, 0.29) is 12.0 Å². The van der Waals surface area contributed by atoms with E-state index < -0.39 is 0 Å². The molecule has 0 spiro atoms. The van der Waals surface area contributed by atoms with Gasteiger partial charge >= 0.3 is 0 Å². The topological polar surface area (TPSA) is 77.2 Å². The Morgan fingerprint density at radius 3 is 3.00 bits per heavy atom. The second-order valence-electron chi connectivity index (χ2n) is 5.36. The molecule has 1 aromatic carbocycles. The maximum absolute atomic E-state index is 11.8. The van der Waals surface area contributed by atoms with Crippen molar-refractivity contribution in [2.75, 3.05) is 13.2 Å². The number of hydrogen-bond acceptors (Lipinski definition) is 5. The van der Waals surface area contributed by atoms with Crippen molar-refractivity contribution < 1.29 is 13.9 Å². The highest BCUT2D eigenvalue weighted by Crippen LogP contribution is 2.21. The summed E-state index contributed by atoms with van der Waals surface area (Å²) in [6.45, 7) is 3.14. The Kier molecular flexibility index (Phi) is 4.48. The van der Waals surface area contributed by atoms with Crippen molar-refractivity contribution in [2.24, 2.45) is 0 Å². The second kappa shape index (κ2) is 6.70. The number of nitrogens with zero attached hydrogens (tertiary/aromatic N) is 2. The molecule has 1 aromatic heterocycles. The quantitative estimate of drug-likeness (QED) is 0.912. The molecule has 0 saturated carbocycles. The van der Waals surface area contributed by atoms with Gasteiger partial charge in [-0.2, -0.15) is 0 Å². The molecule has 22 heavy (non-hydrogen) atoms. The van der Waals surface area contributed by atoms with Gasteiger partial charge in [-0.15, -0.1) is 10.2 Å². The van der Waals surface area contributed by atoms with Crippen molar-refractivity contribution in [2.45, 2.75) is 32.3 Å². The monoisotopic (exact) mass is 301 g/mol. The molecule has 0 radical (unpaired) electrons. The van der Waals surface area contributed by atoms with Crippen molar-refractivity contribution >= 4 is 5.91 Å². The third-order valence-corrected chi connectivity index (χ3v) is 3.70. The number of amides is 1. The molecule has 0 bridgehead atoms. The summed E-state index contributed by atoms with van der Waals surface area (Å²) in [5.74, 6) is 0.973. The van der Waals surface area contributed by atoms with E-state index in [0.29, 0.717) is 31.4 Å². The average Bonchev–Trinajstić information content (AvgIpc) is 3.19. The van der Waals surface area contributed by atoms with Crippen LogP contribution in [-0.2, 0) is 16.0 Å². The lowest BCUT2D eigenvalue weighted by Crippen LogP contribution is -2.35. The van der Waals surface area contributed by atoms with Crippen LogP contribution < -0.4 is 5.32 Å². The smallest absolute Gasteiger partial charge is 0.249 e. The molecule has 1 fully saturated rings. The fourth-order valence-corrected chi connectivity index (χ4v) is 2.47. The van der Waals surface area contributed by atoms with Gasteiger partial charge in [-0.1, -0.05) is 18.2 Å². The van der Waals surface area contributed by atoms with Gasteiger partial charge < -0.3 is 14.5 Å². The Hall–Kier alpha value is -2.21. The van der Waals surface area contributed by atoms with Gasteiger partial charge in [0.25, 0.3) is 0 Å². The van der Waals surface area contributed by atoms with E-state index in [2.05, 4.69) is 15.5 Å². The largest absolute Gasteiger partial charge is 0.421 e. The minimum atomic E-state index is -0.301. The first-order chi connectivity index (χ1) is 10.7. The van der Waals surface area contributed by atoms with E-state index in [0.717, 1.165) is 24.0 Å². The Morgan fingerprint density at radius 2 is 2.23 bits per heavy atom. The first-order valence-electron chi connectivity index (χ1n) is 7.52. The molecular weight excluding hydrogens is 282 g/mol. The predicted octanol–water partition coefficient (Wildman–Crippen LogP) is 1.88. The Labute approximate surface area is 128 Å². The molecule has 116 valence electrons. The molecule has 1 aliphatic heterocycles. The summed E-state index contributed by atoms with van der Waals surface area (Å²) in [7, 11) is 0. The van der Waals surface area contributed by atoms with Gasteiger partial charge in [0.2, 0.25) is 17.7 Å². The minimum absolute atomic E-state index is 0.0591. The lowest BCUT2D eigenvalue weighted by molar-refractivity contribution is -0.130. The number of carbonyl (C=O) groups is 1. The maximum atomic E-state index is 11.8. The van der Waals surface area contributed by atoms with E-state index in [1.807, 2.05) is 31.2 Å². The zero-order valence-corrected chi connectivity index (χ0v) is 12.5. The normalized spacial score (nSPS) is 17.6. The van der Waals surface area contributed by atoms with Crippen LogP contribution in [0.25, 0.3) is 11.5 Å². The number of ether oxygens (including phenoxy) is 1. The first-order valence-corrected chi connectivity index (χ1v) is 7.52. The molecule has 1 amide bonds. The highest BCUT2D eigenvalue weighted by molar-refractivity contribution is 5.80. The molecule has 6 heteroatoms. The zero-order chi connectivity index (χ0) is 15.4. The van der Waals surface area contributed by atoms with Crippen LogP contribution in [0.5, 0.6) is 0 Å². The summed E-state index contributed by atoms with van der Waals surface area (Å²) < 4.78 is 11.0. The van der Waals surface area contributed by atoms with Crippen LogP contribution in [0.1, 0.15) is 24.3 Å². The average molecular weight is 301 g/mol. The van der Waals surface area contributed by atoms with Crippen molar-refractivity contribution in [3.63, 3.8) is 0 Å². The lowest BCUT2D eigenvalue weighted by atomic mass is 10.1. The van der Waals surface area contributed by atoms with Gasteiger partial charge in [-0.3, -0.25) is 4.79 Å². The summed E-state index contributed by atoms with van der Waals surface area (Å²) in [6.07, 6.45) is 1.95. The molecular formula is C16H19N3O3. The standard InChI is InChI=1S/C16H19N3O3/c1-11-5-2-3-6-12(11)16-19-18-14(22-16)8-9-17-15(20)13-7-4-10-21-13/h2-3,5-6,13H,4,7-10H2,1H3,(H,17,20). The predicted molar refractivity (Wildman–Crippen MR) is 80.2 cm³/mol. The van der Waals surface area contributed by atoms with E-state index in [4.69, 9.17) is 9.15 Å². The van der Waals surface area contributed by atoms with Crippen LogP contribution in [0.15, 0.2) is 28.7 Å². The summed E-state index contributed by atoms with van der Waals surface area (Å²) in [4.78, 5) is 11.8. The van der Waals surface area contributed by atoms with E-state index in [1.165, 1.54) is 0 Å². The lowest BCUT2D eigenvalue weighted by Gasteiger charge is -2.08. The first kappa shape index (κ1) is 14.7. The Morgan fingerprint density at radius 1 is 1.36 bits per heavy atom. The molecule has 1 aliphatic rings. The van der Waals surface area contributed by atoms with Gasteiger partial charge in [-0.25, -0.2) is 0 Å². The summed E-state index contributed by atoms with van der Waals surface area (Å²) >= 11 is 0. The van der Waals surface area contributed by atoms with Gasteiger partial charge in [0, 0.05) is 25.1 Å². The van der Waals surface area contributed by atoms with Crippen LogP contribution in [0.2, 0.25) is 0 Å². The highest BCUT2D eigenvalue weighted by Gasteiger charge is 2.23. The molecule has 1 N–H and O–H groups in total. The molecule has 1 unspecified atom stereocenters. The highest BCUT2D eigenvalue weighted by atomic mass is 16.5. The Balaban J connectivity index is 1.54. The number of hydrogen-bond donors (Lipinski definition) is 1. The van der Waals surface area contributed by atoms with Crippen LogP contribution in [0.4, 0.5) is 0 Å².